The first-order valence-electron chi connectivity index (χ1n) is 11.7. The highest BCUT2D eigenvalue weighted by molar-refractivity contribution is 5.86. The summed E-state index contributed by atoms with van der Waals surface area (Å²) < 4.78 is 2.05. The number of rotatable bonds is 4. The highest BCUT2D eigenvalue weighted by Gasteiger charge is 2.36. The van der Waals surface area contributed by atoms with Gasteiger partial charge in [-0.25, -0.2) is 29.7 Å². The Kier molecular flexibility index (Phi) is 5.38. The molecule has 2 saturated heterocycles. The van der Waals surface area contributed by atoms with Crippen molar-refractivity contribution < 1.29 is 4.79 Å². The molecule has 2 aliphatic heterocycles. The Balaban J connectivity index is 1.35. The third kappa shape index (κ3) is 4.09. The van der Waals surface area contributed by atoms with Crippen molar-refractivity contribution in [2.24, 2.45) is 5.41 Å². The molecule has 1 N–H and O–H groups in total. The van der Waals surface area contributed by atoms with Crippen LogP contribution in [-0.4, -0.2) is 77.5 Å². The molecule has 10 nitrogen and oxygen atoms in total. The zero-order valence-electron chi connectivity index (χ0n) is 19.7. The number of hydrogen-bond donors (Lipinski definition) is 1. The van der Waals surface area contributed by atoms with E-state index >= 15 is 0 Å². The molecule has 0 saturated carbocycles. The van der Waals surface area contributed by atoms with Crippen LogP contribution in [0.3, 0.4) is 0 Å². The van der Waals surface area contributed by atoms with E-state index in [0.29, 0.717) is 18.9 Å². The fourth-order valence-electron chi connectivity index (χ4n) is 4.79. The summed E-state index contributed by atoms with van der Waals surface area (Å²) in [4.78, 5) is 39.4. The maximum absolute atomic E-state index is 13.0. The Morgan fingerprint density at radius 1 is 1.15 bits per heavy atom. The number of hydrogen-bond acceptors (Lipinski definition) is 7. The average molecular weight is 450 g/mol. The first-order valence-corrected chi connectivity index (χ1v) is 11.7. The van der Waals surface area contributed by atoms with E-state index in [1.165, 1.54) is 0 Å². The fourth-order valence-corrected chi connectivity index (χ4v) is 4.79. The smallest absolute Gasteiger partial charge is 0.320 e. The minimum Gasteiger partial charge on any atom is -0.364 e. The van der Waals surface area contributed by atoms with Crippen molar-refractivity contribution in [2.75, 3.05) is 31.5 Å². The first-order chi connectivity index (χ1) is 15.8. The van der Waals surface area contributed by atoms with Crippen molar-refractivity contribution in [3.8, 4) is 11.4 Å². The summed E-state index contributed by atoms with van der Waals surface area (Å²) in [6.45, 7) is 12.2. The number of aryl methyl sites for hydroxylation is 2. The lowest BCUT2D eigenvalue weighted by Gasteiger charge is -2.26. The molecular formula is C23H31N9O. The summed E-state index contributed by atoms with van der Waals surface area (Å²) in [6, 6.07) is 0.273. The minimum absolute atomic E-state index is 0.126. The van der Waals surface area contributed by atoms with Crippen LogP contribution in [0.15, 0.2) is 18.7 Å². The molecule has 0 spiro atoms. The summed E-state index contributed by atoms with van der Waals surface area (Å²) in [7, 11) is 0. The van der Waals surface area contributed by atoms with Gasteiger partial charge in [-0.1, -0.05) is 13.8 Å². The van der Waals surface area contributed by atoms with Crippen LogP contribution in [0.2, 0.25) is 0 Å². The molecular weight excluding hydrogens is 418 g/mol. The second kappa shape index (κ2) is 8.24. The van der Waals surface area contributed by atoms with E-state index in [0.717, 1.165) is 60.9 Å². The number of imidazole rings is 1. The summed E-state index contributed by atoms with van der Waals surface area (Å²) >= 11 is 0. The maximum Gasteiger partial charge on any atom is 0.320 e. The van der Waals surface area contributed by atoms with Crippen molar-refractivity contribution in [2.45, 2.75) is 53.1 Å². The number of fused-ring (bicyclic) bond motifs is 1. The normalized spacial score (nSPS) is 20.1. The minimum atomic E-state index is 0.126. The molecule has 3 aromatic heterocycles. The van der Waals surface area contributed by atoms with Crippen LogP contribution >= 0.6 is 0 Å². The zero-order chi connectivity index (χ0) is 23.2. The monoisotopic (exact) mass is 449 g/mol. The Morgan fingerprint density at radius 2 is 1.94 bits per heavy atom. The third-order valence-electron chi connectivity index (χ3n) is 6.63. The average Bonchev–Trinajstić information content (AvgIpc) is 3.50. The molecule has 3 aromatic rings. The molecule has 33 heavy (non-hydrogen) atoms. The van der Waals surface area contributed by atoms with Gasteiger partial charge in [0.05, 0.1) is 5.56 Å². The van der Waals surface area contributed by atoms with Gasteiger partial charge < -0.3 is 19.7 Å². The molecule has 10 heteroatoms. The molecule has 5 heterocycles. The molecule has 1 atom stereocenters. The topological polar surface area (TPSA) is 105 Å². The van der Waals surface area contributed by atoms with Gasteiger partial charge in [0.25, 0.3) is 0 Å². The van der Waals surface area contributed by atoms with Gasteiger partial charge >= 0.3 is 6.03 Å². The molecule has 0 aromatic carbocycles. The second-order valence-electron chi connectivity index (χ2n) is 9.79. The molecule has 0 radical (unpaired) electrons. The summed E-state index contributed by atoms with van der Waals surface area (Å²) in [6.07, 6.45) is 7.08. The van der Waals surface area contributed by atoms with Crippen LogP contribution in [0, 0.1) is 12.3 Å². The van der Waals surface area contributed by atoms with Gasteiger partial charge in [-0.05, 0) is 32.1 Å². The highest BCUT2D eigenvalue weighted by atomic mass is 16.2. The van der Waals surface area contributed by atoms with Crippen LogP contribution < -0.4 is 5.32 Å². The van der Waals surface area contributed by atoms with Gasteiger partial charge in [-0.3, -0.25) is 0 Å². The van der Waals surface area contributed by atoms with E-state index in [1.54, 1.807) is 18.7 Å². The predicted molar refractivity (Wildman–Crippen MR) is 126 cm³/mol. The highest BCUT2D eigenvalue weighted by Crippen LogP contribution is 2.31. The number of nitrogens with one attached hydrogen (secondary N) is 1. The van der Waals surface area contributed by atoms with E-state index in [1.807, 2.05) is 16.7 Å². The molecule has 0 bridgehead atoms. The molecule has 0 aliphatic carbocycles. The molecule has 5 rings (SSSR count). The standard InChI is InChI=1S/C23H31N9O/c1-5-32-20(16-10-24-15(2)25-11-16)29-18-19(26-14-27-21(18)32)28-17-6-8-30(12-17)22(33)31-9-7-23(3,4)13-31/h10-11,14,17H,5-9,12-13H2,1-4H3,(H,26,27,28)/t17-/m0/s1. The number of carbonyl (C=O) groups is 1. The van der Waals surface area contributed by atoms with Crippen LogP contribution in [0.5, 0.6) is 0 Å². The third-order valence-corrected chi connectivity index (χ3v) is 6.63. The lowest BCUT2D eigenvalue weighted by Crippen LogP contribution is -2.42. The number of urea groups is 1. The van der Waals surface area contributed by atoms with E-state index in [4.69, 9.17) is 4.98 Å². The Labute approximate surface area is 193 Å². The first kappa shape index (κ1) is 21.5. The van der Waals surface area contributed by atoms with Gasteiger partial charge in [0, 0.05) is 51.2 Å². The number of amides is 2. The van der Waals surface area contributed by atoms with Crippen molar-refractivity contribution in [3.05, 3.63) is 24.5 Å². The van der Waals surface area contributed by atoms with Gasteiger partial charge in [0.2, 0.25) is 0 Å². The van der Waals surface area contributed by atoms with Crippen molar-refractivity contribution in [3.63, 3.8) is 0 Å². The van der Waals surface area contributed by atoms with Gasteiger partial charge in [0.15, 0.2) is 17.0 Å². The molecule has 0 unspecified atom stereocenters. The number of carbonyl (C=O) groups excluding carboxylic acids is 1. The molecule has 2 amide bonds. The van der Waals surface area contributed by atoms with E-state index in [9.17, 15) is 4.79 Å². The predicted octanol–water partition coefficient (Wildman–Crippen LogP) is 2.95. The Morgan fingerprint density at radius 3 is 2.64 bits per heavy atom. The molecule has 174 valence electrons. The summed E-state index contributed by atoms with van der Waals surface area (Å²) in [5.74, 6) is 2.19. The van der Waals surface area contributed by atoms with Crippen molar-refractivity contribution in [1.29, 1.82) is 0 Å². The second-order valence-corrected chi connectivity index (χ2v) is 9.79. The summed E-state index contributed by atoms with van der Waals surface area (Å²) in [5, 5.41) is 3.53. The lowest BCUT2D eigenvalue weighted by molar-refractivity contribution is 0.168. The quantitative estimate of drug-likeness (QED) is 0.653. The van der Waals surface area contributed by atoms with Crippen LogP contribution in [0.25, 0.3) is 22.6 Å². The Bertz CT molecular complexity index is 1170. The molecule has 2 fully saturated rings. The van der Waals surface area contributed by atoms with Crippen LogP contribution in [0.4, 0.5) is 10.6 Å². The largest absolute Gasteiger partial charge is 0.364 e. The zero-order valence-corrected chi connectivity index (χ0v) is 19.7. The van der Waals surface area contributed by atoms with Crippen LogP contribution in [-0.2, 0) is 6.54 Å². The van der Waals surface area contributed by atoms with E-state index < -0.39 is 0 Å². The number of nitrogens with zero attached hydrogens (tertiary/aromatic N) is 8. The van der Waals surface area contributed by atoms with Gasteiger partial charge in [-0.2, -0.15) is 0 Å². The fraction of sp³-hybridized carbons (Fsp3) is 0.565. The van der Waals surface area contributed by atoms with Gasteiger partial charge in [0.1, 0.15) is 18.0 Å². The van der Waals surface area contributed by atoms with E-state index in [-0.39, 0.29) is 17.5 Å². The lowest BCUT2D eigenvalue weighted by atomic mass is 9.93. The van der Waals surface area contributed by atoms with Crippen molar-refractivity contribution >= 4 is 23.0 Å². The Hall–Kier alpha value is -3.30. The van der Waals surface area contributed by atoms with Gasteiger partial charge in [-0.15, -0.1) is 0 Å². The SMILES string of the molecule is CCn1c(-c2cnc(C)nc2)nc2c(N[C@H]3CCN(C(=O)N4CCC(C)(C)C4)C3)ncnc21. The number of likely N-dealkylation sites (tertiary alicyclic amines) is 2. The number of aromatic nitrogens is 6. The maximum atomic E-state index is 13.0. The molecule has 2 aliphatic rings. The number of anilines is 1. The van der Waals surface area contributed by atoms with Crippen LogP contribution in [0.1, 0.15) is 39.4 Å². The van der Waals surface area contributed by atoms with E-state index in [2.05, 4.69) is 50.6 Å². The summed E-state index contributed by atoms with van der Waals surface area (Å²) in [5.41, 5.74) is 2.55. The van der Waals surface area contributed by atoms with Crippen molar-refractivity contribution in [1.82, 2.24) is 39.3 Å².